The van der Waals surface area contributed by atoms with E-state index in [1.165, 1.54) is 9.58 Å². The summed E-state index contributed by atoms with van der Waals surface area (Å²) in [5.74, 6) is -4.45. The number of rotatable bonds is 5. The SMILES string of the molecule is Cc1c(C2NC(C(=O)O)(C(C)C)C3C(=O)N(C4CCCCC4)C(=O)C23)c(=O)n(-c2ccccc2)n1C. The number of benzene rings is 1. The van der Waals surface area contributed by atoms with E-state index >= 15 is 0 Å². The van der Waals surface area contributed by atoms with Crippen LogP contribution in [0.2, 0.25) is 0 Å². The third kappa shape index (κ3) is 3.25. The molecule has 2 aromatic rings. The molecule has 2 N–H and O–H groups in total. The molecule has 1 aromatic heterocycles. The monoisotopic (exact) mass is 494 g/mol. The first-order chi connectivity index (χ1) is 17.1. The van der Waals surface area contributed by atoms with E-state index in [0.29, 0.717) is 16.9 Å². The van der Waals surface area contributed by atoms with Crippen molar-refractivity contribution in [2.24, 2.45) is 24.8 Å². The van der Waals surface area contributed by atoms with Crippen LogP contribution in [0.15, 0.2) is 35.1 Å². The molecule has 2 aliphatic heterocycles. The number of imide groups is 1. The van der Waals surface area contributed by atoms with E-state index in [2.05, 4.69) is 5.32 Å². The Hall–Kier alpha value is -3.20. The van der Waals surface area contributed by atoms with E-state index in [-0.39, 0.29) is 17.5 Å². The summed E-state index contributed by atoms with van der Waals surface area (Å²) in [6.07, 6.45) is 4.42. The largest absolute Gasteiger partial charge is 0.480 e. The number of aromatic nitrogens is 2. The van der Waals surface area contributed by atoms with Gasteiger partial charge in [-0.3, -0.25) is 34.1 Å². The maximum atomic E-state index is 14.0. The van der Waals surface area contributed by atoms with Crippen molar-refractivity contribution < 1.29 is 19.5 Å². The molecule has 3 fully saturated rings. The normalized spacial score (nSPS) is 28.8. The average molecular weight is 495 g/mol. The second-order valence-electron chi connectivity index (χ2n) is 10.8. The number of hydrogen-bond donors (Lipinski definition) is 2. The Kier molecular flexibility index (Phi) is 5.94. The van der Waals surface area contributed by atoms with Gasteiger partial charge in [0, 0.05) is 18.8 Å². The van der Waals surface area contributed by atoms with Crippen molar-refractivity contribution in [3.05, 3.63) is 51.9 Å². The predicted octanol–water partition coefficient (Wildman–Crippen LogP) is 2.54. The van der Waals surface area contributed by atoms with Gasteiger partial charge >= 0.3 is 5.97 Å². The number of fused-ring (bicyclic) bond motifs is 1. The fourth-order valence-corrected chi connectivity index (χ4v) is 6.83. The molecule has 9 nitrogen and oxygen atoms in total. The van der Waals surface area contributed by atoms with Gasteiger partial charge in [-0.1, -0.05) is 51.3 Å². The molecule has 1 aromatic carbocycles. The first-order valence-electron chi connectivity index (χ1n) is 12.8. The third-order valence-electron chi connectivity index (χ3n) is 8.74. The van der Waals surface area contributed by atoms with Gasteiger partial charge in [0.15, 0.2) is 0 Å². The number of carboxylic acids is 1. The van der Waals surface area contributed by atoms with E-state index in [4.69, 9.17) is 0 Å². The number of hydrogen-bond acceptors (Lipinski definition) is 5. The summed E-state index contributed by atoms with van der Waals surface area (Å²) in [4.78, 5) is 55.9. The van der Waals surface area contributed by atoms with Crippen molar-refractivity contribution in [3.63, 3.8) is 0 Å². The fourth-order valence-electron chi connectivity index (χ4n) is 6.83. The summed E-state index contributed by atoms with van der Waals surface area (Å²) in [7, 11) is 1.77. The lowest BCUT2D eigenvalue weighted by Crippen LogP contribution is -2.60. The Morgan fingerprint density at radius 3 is 2.28 bits per heavy atom. The van der Waals surface area contributed by atoms with Crippen molar-refractivity contribution in [3.8, 4) is 5.69 Å². The first kappa shape index (κ1) is 24.5. The van der Waals surface area contributed by atoms with Crippen LogP contribution in [0.1, 0.15) is 63.3 Å². The lowest BCUT2D eigenvalue weighted by atomic mass is 9.73. The van der Waals surface area contributed by atoms with Crippen LogP contribution in [0.4, 0.5) is 0 Å². The van der Waals surface area contributed by atoms with E-state index in [1.807, 2.05) is 30.3 Å². The molecule has 4 unspecified atom stereocenters. The van der Waals surface area contributed by atoms with Gasteiger partial charge in [0.1, 0.15) is 5.54 Å². The van der Waals surface area contributed by atoms with Crippen molar-refractivity contribution in [2.45, 2.75) is 70.5 Å². The summed E-state index contributed by atoms with van der Waals surface area (Å²) in [6, 6.07) is 8.08. The summed E-state index contributed by atoms with van der Waals surface area (Å²) in [5.41, 5.74) is -0.343. The third-order valence-corrected chi connectivity index (χ3v) is 8.74. The van der Waals surface area contributed by atoms with Crippen LogP contribution < -0.4 is 10.9 Å². The Bertz CT molecular complexity index is 1270. The Morgan fingerprint density at radius 2 is 1.69 bits per heavy atom. The summed E-state index contributed by atoms with van der Waals surface area (Å²) >= 11 is 0. The number of carboxylic acid groups (broad SMARTS) is 1. The maximum absolute atomic E-state index is 14.0. The highest BCUT2D eigenvalue weighted by atomic mass is 16.4. The molecule has 9 heteroatoms. The van der Waals surface area contributed by atoms with Crippen molar-refractivity contribution in [1.29, 1.82) is 0 Å². The van der Waals surface area contributed by atoms with Crippen LogP contribution in [0, 0.1) is 24.7 Å². The van der Waals surface area contributed by atoms with Crippen molar-refractivity contribution >= 4 is 17.8 Å². The van der Waals surface area contributed by atoms with Gasteiger partial charge < -0.3 is 5.11 Å². The van der Waals surface area contributed by atoms with Crippen LogP contribution in [-0.2, 0) is 21.4 Å². The number of amides is 2. The zero-order valence-corrected chi connectivity index (χ0v) is 21.2. The number of nitrogens with zero attached hydrogens (tertiary/aromatic N) is 3. The molecule has 3 aliphatic rings. The van der Waals surface area contributed by atoms with E-state index in [1.54, 1.807) is 32.5 Å². The van der Waals surface area contributed by atoms with Gasteiger partial charge in [0.2, 0.25) is 11.8 Å². The number of para-hydroxylation sites is 1. The van der Waals surface area contributed by atoms with Gasteiger partial charge in [0.05, 0.1) is 29.1 Å². The second kappa shape index (κ2) is 8.73. The van der Waals surface area contributed by atoms with Crippen LogP contribution in [0.5, 0.6) is 0 Å². The molecule has 0 radical (unpaired) electrons. The van der Waals surface area contributed by atoms with Crippen LogP contribution in [-0.4, -0.2) is 48.7 Å². The Balaban J connectivity index is 1.68. The number of carbonyl (C=O) groups excluding carboxylic acids is 2. The molecular formula is C27H34N4O5. The number of carbonyl (C=O) groups is 3. The highest BCUT2D eigenvalue weighted by Crippen LogP contribution is 2.52. The molecule has 2 saturated heterocycles. The number of nitrogens with one attached hydrogen (secondary N) is 1. The molecule has 3 heterocycles. The lowest BCUT2D eigenvalue weighted by Gasteiger charge is -2.36. The molecule has 192 valence electrons. The maximum Gasteiger partial charge on any atom is 0.325 e. The van der Waals surface area contributed by atoms with Gasteiger partial charge in [-0.15, -0.1) is 0 Å². The van der Waals surface area contributed by atoms with Crippen molar-refractivity contribution in [2.75, 3.05) is 0 Å². The highest BCUT2D eigenvalue weighted by Gasteiger charge is 2.70. The van der Waals surface area contributed by atoms with E-state index < -0.39 is 41.2 Å². The number of likely N-dealkylation sites (tertiary alicyclic amines) is 1. The second-order valence-corrected chi connectivity index (χ2v) is 10.8. The first-order valence-corrected chi connectivity index (χ1v) is 12.8. The predicted molar refractivity (Wildman–Crippen MR) is 133 cm³/mol. The minimum Gasteiger partial charge on any atom is -0.480 e. The molecule has 0 spiro atoms. The van der Waals surface area contributed by atoms with Crippen LogP contribution >= 0.6 is 0 Å². The lowest BCUT2D eigenvalue weighted by molar-refractivity contribution is -0.154. The van der Waals surface area contributed by atoms with Gasteiger partial charge in [-0.05, 0) is 37.8 Å². The minimum atomic E-state index is -1.65. The Labute approximate surface area is 210 Å². The average Bonchev–Trinajstić information content (AvgIpc) is 3.42. The molecule has 0 bridgehead atoms. The van der Waals surface area contributed by atoms with Crippen LogP contribution in [0.25, 0.3) is 5.69 Å². The smallest absolute Gasteiger partial charge is 0.325 e. The summed E-state index contributed by atoms with van der Waals surface area (Å²) in [6.45, 7) is 5.30. The fraction of sp³-hybridized carbons (Fsp3) is 0.556. The molecule has 36 heavy (non-hydrogen) atoms. The topological polar surface area (TPSA) is 114 Å². The van der Waals surface area contributed by atoms with Gasteiger partial charge in [-0.25, -0.2) is 4.68 Å². The molecule has 5 rings (SSSR count). The molecule has 1 saturated carbocycles. The quantitative estimate of drug-likeness (QED) is 0.618. The highest BCUT2D eigenvalue weighted by molar-refractivity contribution is 6.09. The zero-order chi connectivity index (χ0) is 25.9. The summed E-state index contributed by atoms with van der Waals surface area (Å²) < 4.78 is 3.25. The molecular weight excluding hydrogens is 460 g/mol. The zero-order valence-electron chi connectivity index (χ0n) is 21.2. The minimum absolute atomic E-state index is 0.207. The standard InChI is InChI=1S/C27H34N4O5/c1-15(2)27(26(35)36)21-20(23(32)30(25(21)34)17-11-7-5-8-12-17)22(28-27)19-16(3)29(4)31(24(19)33)18-13-9-6-10-14-18/h6,9-10,13-15,17,20-22,28H,5,7-8,11-12H2,1-4H3,(H,35,36). The summed E-state index contributed by atoms with van der Waals surface area (Å²) in [5, 5.41) is 13.7. The van der Waals surface area contributed by atoms with Gasteiger partial charge in [0.25, 0.3) is 5.56 Å². The number of aliphatic carboxylic acids is 1. The van der Waals surface area contributed by atoms with Gasteiger partial charge in [-0.2, -0.15) is 0 Å². The molecule has 4 atom stereocenters. The van der Waals surface area contributed by atoms with Crippen molar-refractivity contribution in [1.82, 2.24) is 19.6 Å². The molecule has 2 amide bonds. The van der Waals surface area contributed by atoms with E-state index in [9.17, 15) is 24.3 Å². The Morgan fingerprint density at radius 1 is 1.06 bits per heavy atom. The molecule has 1 aliphatic carbocycles. The van der Waals surface area contributed by atoms with E-state index in [0.717, 1.165) is 32.1 Å². The van der Waals surface area contributed by atoms with Crippen LogP contribution in [0.3, 0.4) is 0 Å².